The number of hydrogen-bond acceptors (Lipinski definition) is 4. The predicted molar refractivity (Wildman–Crippen MR) is 91.7 cm³/mol. The predicted octanol–water partition coefficient (Wildman–Crippen LogP) is 3.00. The van der Waals surface area contributed by atoms with Gasteiger partial charge in [-0.15, -0.1) is 11.3 Å². The van der Waals surface area contributed by atoms with Crippen LogP contribution in [0.5, 0.6) is 0 Å². The summed E-state index contributed by atoms with van der Waals surface area (Å²) in [5.41, 5.74) is 1.63. The number of benzene rings is 1. The van der Waals surface area contributed by atoms with Crippen LogP contribution in [0.1, 0.15) is 11.8 Å². The van der Waals surface area contributed by atoms with Gasteiger partial charge in [0.05, 0.1) is 11.2 Å². The molecule has 2 amide bonds. The molecule has 0 atom stereocenters. The molecule has 0 radical (unpaired) electrons. The second-order valence-corrected chi connectivity index (χ2v) is 6.42. The van der Waals surface area contributed by atoms with Gasteiger partial charge in [0.15, 0.2) is 5.13 Å². The number of thiazole rings is 1. The van der Waals surface area contributed by atoms with E-state index in [1.54, 1.807) is 6.20 Å². The summed E-state index contributed by atoms with van der Waals surface area (Å²) in [5, 5.41) is 7.09. The van der Waals surface area contributed by atoms with E-state index in [1.165, 1.54) is 18.3 Å². The van der Waals surface area contributed by atoms with Crippen LogP contribution < -0.4 is 10.6 Å². The number of nitrogens with one attached hydrogen (secondary N) is 2. The highest BCUT2D eigenvalue weighted by atomic mass is 32.1. The Labute approximate surface area is 137 Å². The number of carbonyl (C=O) groups is 2. The van der Waals surface area contributed by atoms with Gasteiger partial charge in [0.1, 0.15) is 6.54 Å². The number of aryl methyl sites for hydroxylation is 1. The largest absolute Gasteiger partial charge is 0.338 e. The molecule has 0 saturated carbocycles. The minimum atomic E-state index is -0.137. The number of anilines is 2. The Morgan fingerprint density at radius 3 is 2.78 bits per heavy atom. The van der Waals surface area contributed by atoms with E-state index >= 15 is 0 Å². The number of fused-ring (bicyclic) bond motifs is 1. The monoisotopic (exact) mass is 328 g/mol. The van der Waals surface area contributed by atoms with Crippen molar-refractivity contribution in [2.75, 3.05) is 10.6 Å². The lowest BCUT2D eigenvalue weighted by Crippen LogP contribution is -2.18. The average molecular weight is 328 g/mol. The summed E-state index contributed by atoms with van der Waals surface area (Å²) in [6.45, 7) is 3.60. The molecule has 23 heavy (non-hydrogen) atoms. The lowest BCUT2D eigenvalue weighted by Gasteiger charge is -2.07. The van der Waals surface area contributed by atoms with E-state index in [0.717, 1.165) is 21.5 Å². The van der Waals surface area contributed by atoms with E-state index in [0.29, 0.717) is 5.13 Å². The van der Waals surface area contributed by atoms with Gasteiger partial charge < -0.3 is 15.2 Å². The molecule has 0 fully saturated rings. The lowest BCUT2D eigenvalue weighted by molar-refractivity contribution is -0.116. The van der Waals surface area contributed by atoms with E-state index in [4.69, 9.17) is 0 Å². The zero-order valence-corrected chi connectivity index (χ0v) is 13.6. The van der Waals surface area contributed by atoms with Crippen molar-refractivity contribution >= 4 is 44.9 Å². The zero-order valence-electron chi connectivity index (χ0n) is 12.8. The van der Waals surface area contributed by atoms with Crippen molar-refractivity contribution in [1.29, 1.82) is 0 Å². The van der Waals surface area contributed by atoms with E-state index in [2.05, 4.69) is 15.6 Å². The summed E-state index contributed by atoms with van der Waals surface area (Å²) in [4.78, 5) is 28.6. The molecule has 118 valence electrons. The lowest BCUT2D eigenvalue weighted by atomic mass is 10.2. The Morgan fingerprint density at radius 2 is 2.09 bits per heavy atom. The number of nitrogens with zero attached hydrogens (tertiary/aromatic N) is 2. The molecular weight excluding hydrogens is 312 g/mol. The molecule has 7 heteroatoms. The molecule has 3 rings (SSSR count). The summed E-state index contributed by atoms with van der Waals surface area (Å²) in [6.07, 6.45) is 3.56. The van der Waals surface area contributed by atoms with Crippen LogP contribution in [0.2, 0.25) is 0 Å². The summed E-state index contributed by atoms with van der Waals surface area (Å²) in [7, 11) is 0. The number of amides is 2. The van der Waals surface area contributed by atoms with Crippen LogP contribution in [0.15, 0.2) is 36.7 Å². The molecule has 6 nitrogen and oxygen atoms in total. The zero-order chi connectivity index (χ0) is 16.4. The highest BCUT2D eigenvalue weighted by Gasteiger charge is 2.10. The third-order valence-corrected chi connectivity index (χ3v) is 4.13. The summed E-state index contributed by atoms with van der Waals surface area (Å²) < 4.78 is 1.84. The standard InChI is InChI=1S/C16H16N4O2S/c1-10-8-17-16(23-10)19-15(22)9-20-7-6-12-13(18-11(2)21)4-3-5-14(12)20/h3-8H,9H2,1-2H3,(H,18,21)(H,17,19,22). The second-order valence-electron chi connectivity index (χ2n) is 5.19. The summed E-state index contributed by atoms with van der Waals surface area (Å²) in [5.74, 6) is -0.260. The van der Waals surface area contributed by atoms with Crippen LogP contribution in [0.4, 0.5) is 10.8 Å². The fourth-order valence-corrected chi connectivity index (χ4v) is 3.07. The number of carbonyl (C=O) groups excluding carboxylic acids is 2. The first kappa shape index (κ1) is 15.2. The van der Waals surface area contributed by atoms with Crippen molar-refractivity contribution in [3.8, 4) is 0 Å². The Balaban J connectivity index is 1.80. The minimum absolute atomic E-state index is 0.123. The number of rotatable bonds is 4. The molecule has 1 aromatic carbocycles. The van der Waals surface area contributed by atoms with Gasteiger partial charge >= 0.3 is 0 Å². The van der Waals surface area contributed by atoms with Crippen molar-refractivity contribution in [1.82, 2.24) is 9.55 Å². The van der Waals surface area contributed by atoms with Crippen LogP contribution >= 0.6 is 11.3 Å². The van der Waals surface area contributed by atoms with E-state index in [-0.39, 0.29) is 18.4 Å². The molecule has 0 aliphatic rings. The molecule has 2 aromatic heterocycles. The first-order valence-corrected chi connectivity index (χ1v) is 7.92. The molecule has 0 aliphatic heterocycles. The molecule has 3 aromatic rings. The maximum Gasteiger partial charge on any atom is 0.246 e. The van der Waals surface area contributed by atoms with Crippen molar-refractivity contribution < 1.29 is 9.59 Å². The smallest absolute Gasteiger partial charge is 0.246 e. The van der Waals surface area contributed by atoms with E-state index in [9.17, 15) is 9.59 Å². The Morgan fingerprint density at radius 1 is 1.26 bits per heavy atom. The van der Waals surface area contributed by atoms with Crippen LogP contribution in [0.3, 0.4) is 0 Å². The van der Waals surface area contributed by atoms with Crippen LogP contribution in [-0.4, -0.2) is 21.4 Å². The number of aromatic nitrogens is 2. The van der Waals surface area contributed by atoms with Crippen molar-refractivity contribution in [3.05, 3.63) is 41.5 Å². The van der Waals surface area contributed by atoms with Gasteiger partial charge in [-0.1, -0.05) is 6.07 Å². The Bertz CT molecular complexity index is 881. The second kappa shape index (κ2) is 6.21. The van der Waals surface area contributed by atoms with Crippen molar-refractivity contribution in [2.45, 2.75) is 20.4 Å². The highest BCUT2D eigenvalue weighted by molar-refractivity contribution is 7.15. The third kappa shape index (κ3) is 3.40. The first-order chi connectivity index (χ1) is 11.0. The van der Waals surface area contributed by atoms with Crippen molar-refractivity contribution in [2.24, 2.45) is 0 Å². The van der Waals surface area contributed by atoms with Gasteiger partial charge in [-0.3, -0.25) is 9.59 Å². The maximum atomic E-state index is 12.2. The Hall–Kier alpha value is -2.67. The van der Waals surface area contributed by atoms with Gasteiger partial charge in [-0.2, -0.15) is 0 Å². The summed E-state index contributed by atoms with van der Waals surface area (Å²) >= 11 is 1.44. The van der Waals surface area contributed by atoms with Crippen LogP contribution in [-0.2, 0) is 16.1 Å². The van der Waals surface area contributed by atoms with Crippen LogP contribution in [0.25, 0.3) is 10.9 Å². The first-order valence-electron chi connectivity index (χ1n) is 7.10. The van der Waals surface area contributed by atoms with Gasteiger partial charge in [0, 0.05) is 29.6 Å². The van der Waals surface area contributed by atoms with Crippen molar-refractivity contribution in [3.63, 3.8) is 0 Å². The molecule has 0 aliphatic carbocycles. The highest BCUT2D eigenvalue weighted by Crippen LogP contribution is 2.24. The molecular formula is C16H16N4O2S. The number of hydrogen-bond donors (Lipinski definition) is 2. The fourth-order valence-electron chi connectivity index (χ4n) is 2.39. The molecule has 0 bridgehead atoms. The van der Waals surface area contributed by atoms with Crippen LogP contribution in [0, 0.1) is 6.92 Å². The van der Waals surface area contributed by atoms with Gasteiger partial charge in [0.2, 0.25) is 11.8 Å². The topological polar surface area (TPSA) is 76.0 Å². The van der Waals surface area contributed by atoms with E-state index < -0.39 is 0 Å². The van der Waals surface area contributed by atoms with Gasteiger partial charge in [-0.25, -0.2) is 4.98 Å². The third-order valence-electron chi connectivity index (χ3n) is 3.31. The molecule has 2 heterocycles. The summed E-state index contributed by atoms with van der Waals surface area (Å²) in [6, 6.07) is 7.50. The quantitative estimate of drug-likeness (QED) is 0.773. The normalized spacial score (nSPS) is 10.7. The fraction of sp³-hybridized carbons (Fsp3) is 0.188. The maximum absolute atomic E-state index is 12.2. The minimum Gasteiger partial charge on any atom is -0.338 e. The molecule has 0 unspecified atom stereocenters. The van der Waals surface area contributed by atoms with Gasteiger partial charge in [0.25, 0.3) is 0 Å². The molecule has 2 N–H and O–H groups in total. The van der Waals surface area contributed by atoms with E-state index in [1.807, 2.05) is 42.0 Å². The molecule has 0 spiro atoms. The van der Waals surface area contributed by atoms with Gasteiger partial charge in [-0.05, 0) is 25.1 Å². The average Bonchev–Trinajstić information content (AvgIpc) is 3.06. The molecule has 0 saturated heterocycles. The Kier molecular flexibility index (Phi) is 4.12. The SMILES string of the molecule is CC(=O)Nc1cccc2c1ccn2CC(=O)Nc1ncc(C)s1.